The topological polar surface area (TPSA) is 15.8 Å². The number of hydrogen-bond donors (Lipinski definition) is 1. The first-order chi connectivity index (χ1) is 6.77. The van der Waals surface area contributed by atoms with E-state index >= 15 is 0 Å². The SMILES string of the molecule is CC.CC(C)c1cc2ccccc2[nH]1.[HH]. The van der Waals surface area contributed by atoms with Crippen LogP contribution in [-0.4, -0.2) is 4.98 Å². The molecule has 0 radical (unpaired) electrons. The minimum Gasteiger partial charge on any atom is -0.358 e. The first kappa shape index (κ1) is 10.8. The molecule has 1 nitrogen and oxygen atoms in total. The van der Waals surface area contributed by atoms with E-state index in [9.17, 15) is 0 Å². The number of para-hydroxylation sites is 1. The highest BCUT2D eigenvalue weighted by molar-refractivity contribution is 5.80. The molecule has 0 spiro atoms. The van der Waals surface area contributed by atoms with Gasteiger partial charge in [-0.05, 0) is 23.4 Å². The zero-order valence-electron chi connectivity index (χ0n) is 9.46. The van der Waals surface area contributed by atoms with E-state index < -0.39 is 0 Å². The van der Waals surface area contributed by atoms with Crippen molar-refractivity contribution in [3.63, 3.8) is 0 Å². The molecule has 2 aromatic rings. The third kappa shape index (κ3) is 2.16. The van der Waals surface area contributed by atoms with Gasteiger partial charge in [-0.15, -0.1) is 0 Å². The van der Waals surface area contributed by atoms with Gasteiger partial charge < -0.3 is 4.98 Å². The summed E-state index contributed by atoms with van der Waals surface area (Å²) in [7, 11) is 0. The van der Waals surface area contributed by atoms with E-state index in [1.165, 1.54) is 16.6 Å². The van der Waals surface area contributed by atoms with Gasteiger partial charge in [-0.25, -0.2) is 0 Å². The molecule has 0 aliphatic rings. The number of fused-ring (bicyclic) bond motifs is 1. The van der Waals surface area contributed by atoms with Crippen LogP contribution in [-0.2, 0) is 0 Å². The van der Waals surface area contributed by atoms with Gasteiger partial charge in [0.15, 0.2) is 0 Å². The van der Waals surface area contributed by atoms with Gasteiger partial charge in [-0.3, -0.25) is 0 Å². The number of aromatic amines is 1. The maximum absolute atomic E-state index is 3.40. The van der Waals surface area contributed by atoms with Gasteiger partial charge >= 0.3 is 0 Å². The van der Waals surface area contributed by atoms with Crippen molar-refractivity contribution in [2.24, 2.45) is 0 Å². The Morgan fingerprint density at radius 3 is 2.36 bits per heavy atom. The van der Waals surface area contributed by atoms with Crippen LogP contribution in [0.2, 0.25) is 0 Å². The van der Waals surface area contributed by atoms with Crippen LogP contribution in [0.3, 0.4) is 0 Å². The van der Waals surface area contributed by atoms with E-state index in [1.54, 1.807) is 0 Å². The lowest BCUT2D eigenvalue weighted by Crippen LogP contribution is -1.84. The summed E-state index contributed by atoms with van der Waals surface area (Å²) in [6.07, 6.45) is 0. The second kappa shape index (κ2) is 4.85. The van der Waals surface area contributed by atoms with Crippen LogP contribution < -0.4 is 0 Å². The van der Waals surface area contributed by atoms with Crippen LogP contribution in [0.5, 0.6) is 0 Å². The van der Waals surface area contributed by atoms with E-state index in [0.29, 0.717) is 5.92 Å². The third-order valence-corrected chi connectivity index (χ3v) is 2.17. The van der Waals surface area contributed by atoms with Crippen molar-refractivity contribution in [2.45, 2.75) is 33.6 Å². The molecule has 0 atom stereocenters. The maximum atomic E-state index is 3.40. The number of benzene rings is 1. The minimum absolute atomic E-state index is 0. The van der Waals surface area contributed by atoms with Gasteiger partial charge in [0.25, 0.3) is 0 Å². The van der Waals surface area contributed by atoms with Crippen molar-refractivity contribution in [1.82, 2.24) is 4.98 Å². The van der Waals surface area contributed by atoms with Crippen LogP contribution in [0.4, 0.5) is 0 Å². The van der Waals surface area contributed by atoms with E-state index in [1.807, 2.05) is 13.8 Å². The lowest BCUT2D eigenvalue weighted by molar-refractivity contribution is 0.836. The van der Waals surface area contributed by atoms with Gasteiger partial charge in [0.1, 0.15) is 0 Å². The number of aromatic nitrogens is 1. The molecule has 1 heteroatoms. The Hall–Kier alpha value is -1.24. The predicted molar refractivity (Wildman–Crippen MR) is 65.8 cm³/mol. The first-order valence-corrected chi connectivity index (χ1v) is 5.35. The molecule has 0 unspecified atom stereocenters. The molecule has 1 N–H and O–H groups in total. The third-order valence-electron chi connectivity index (χ3n) is 2.17. The van der Waals surface area contributed by atoms with Crippen molar-refractivity contribution in [1.29, 1.82) is 0 Å². The van der Waals surface area contributed by atoms with Crippen molar-refractivity contribution in [2.75, 3.05) is 0 Å². The Balaban J connectivity index is 0.000000617. The zero-order chi connectivity index (χ0) is 10.6. The fourth-order valence-corrected chi connectivity index (χ4v) is 1.41. The summed E-state index contributed by atoms with van der Waals surface area (Å²) < 4.78 is 0. The summed E-state index contributed by atoms with van der Waals surface area (Å²) in [5.41, 5.74) is 2.55. The van der Waals surface area contributed by atoms with Crippen LogP contribution >= 0.6 is 0 Å². The fraction of sp³-hybridized carbons (Fsp3) is 0.385. The van der Waals surface area contributed by atoms with E-state index in [4.69, 9.17) is 0 Å². The van der Waals surface area contributed by atoms with Gasteiger partial charge in [-0.1, -0.05) is 45.9 Å². The summed E-state index contributed by atoms with van der Waals surface area (Å²) in [4.78, 5) is 3.40. The molecule has 0 aliphatic carbocycles. The highest BCUT2D eigenvalue weighted by Crippen LogP contribution is 2.20. The minimum atomic E-state index is 0. The predicted octanol–water partition coefficient (Wildman–Crippen LogP) is 4.56. The Bertz CT molecular complexity index is 357. The molecule has 78 valence electrons. The van der Waals surface area contributed by atoms with E-state index in [0.717, 1.165) is 0 Å². The molecule has 0 saturated carbocycles. The molecule has 0 amide bonds. The standard InChI is InChI=1S/C11H13N.C2H6.H2/c1-8(2)11-7-9-5-3-4-6-10(9)12-11;1-2;/h3-8,12H,1-2H3;1-2H3;1H. The van der Waals surface area contributed by atoms with Crippen LogP contribution in [0, 0.1) is 0 Å². The van der Waals surface area contributed by atoms with Crippen LogP contribution in [0.25, 0.3) is 10.9 Å². The highest BCUT2D eigenvalue weighted by atomic mass is 14.7. The van der Waals surface area contributed by atoms with Crippen LogP contribution in [0.15, 0.2) is 30.3 Å². The van der Waals surface area contributed by atoms with Crippen molar-refractivity contribution in [3.05, 3.63) is 36.0 Å². The lowest BCUT2D eigenvalue weighted by atomic mass is 10.1. The zero-order valence-corrected chi connectivity index (χ0v) is 9.46. The smallest absolute Gasteiger partial charge is 0.0456 e. The molecule has 1 aromatic heterocycles. The summed E-state index contributed by atoms with van der Waals surface area (Å²) in [5, 5.41) is 1.31. The molecular weight excluding hydrogens is 170 g/mol. The Labute approximate surface area is 87.6 Å². The van der Waals surface area contributed by atoms with E-state index in [2.05, 4.69) is 49.2 Å². The molecule has 0 saturated heterocycles. The number of rotatable bonds is 1. The van der Waals surface area contributed by atoms with Crippen molar-refractivity contribution in [3.8, 4) is 0 Å². The molecule has 0 fully saturated rings. The Morgan fingerprint density at radius 2 is 1.79 bits per heavy atom. The molecular formula is C13H21N. The summed E-state index contributed by atoms with van der Waals surface area (Å²) in [6.45, 7) is 8.40. The van der Waals surface area contributed by atoms with Crippen LogP contribution in [0.1, 0.15) is 40.7 Å². The second-order valence-electron chi connectivity index (χ2n) is 3.47. The van der Waals surface area contributed by atoms with E-state index in [-0.39, 0.29) is 1.43 Å². The molecule has 14 heavy (non-hydrogen) atoms. The molecule has 0 aliphatic heterocycles. The van der Waals surface area contributed by atoms with Gasteiger partial charge in [0.05, 0.1) is 0 Å². The normalized spacial score (nSPS) is 10.1. The summed E-state index contributed by atoms with van der Waals surface area (Å²) in [6, 6.07) is 10.6. The second-order valence-corrected chi connectivity index (χ2v) is 3.47. The largest absolute Gasteiger partial charge is 0.358 e. The average Bonchev–Trinajstić information content (AvgIpc) is 2.64. The van der Waals surface area contributed by atoms with Crippen molar-refractivity contribution < 1.29 is 1.43 Å². The van der Waals surface area contributed by atoms with Crippen molar-refractivity contribution >= 4 is 10.9 Å². The highest BCUT2D eigenvalue weighted by Gasteiger charge is 2.02. The molecule has 1 aromatic carbocycles. The monoisotopic (exact) mass is 191 g/mol. The van der Waals surface area contributed by atoms with Gasteiger partial charge in [0, 0.05) is 12.6 Å². The van der Waals surface area contributed by atoms with Gasteiger partial charge in [0.2, 0.25) is 0 Å². The molecule has 1 heterocycles. The molecule has 2 rings (SSSR count). The Morgan fingerprint density at radius 1 is 1.14 bits per heavy atom. The quantitative estimate of drug-likeness (QED) is 0.680. The number of H-pyrrole nitrogens is 1. The number of hydrogen-bond acceptors (Lipinski definition) is 0. The fourth-order valence-electron chi connectivity index (χ4n) is 1.41. The average molecular weight is 191 g/mol. The summed E-state index contributed by atoms with van der Waals surface area (Å²) >= 11 is 0. The molecule has 0 bridgehead atoms. The summed E-state index contributed by atoms with van der Waals surface area (Å²) in [5.74, 6) is 0.581. The maximum Gasteiger partial charge on any atom is 0.0456 e. The first-order valence-electron chi connectivity index (χ1n) is 5.35. The number of nitrogens with one attached hydrogen (secondary N) is 1. The lowest BCUT2D eigenvalue weighted by Gasteiger charge is -1.97. The van der Waals surface area contributed by atoms with Gasteiger partial charge in [-0.2, -0.15) is 0 Å². The Kier molecular flexibility index (Phi) is 3.75.